The standard InChI is InChI=1S/C19H12ClF4N9O3/c1-8-12(6-10(20)16(28-8)33-25-4-5-26-33)29-17(34)9-7-27-32(14(9)19(22,23)24)13-3-2-11(21)15(30-13)31-18(35)36/h2-7H,1H3,(H,29,34)(H,30,31)(H,35,36). The molecule has 0 fully saturated rings. The Kier molecular flexibility index (Phi) is 6.28. The van der Waals surface area contributed by atoms with E-state index in [4.69, 9.17) is 16.7 Å². The highest BCUT2D eigenvalue weighted by atomic mass is 35.5. The molecule has 0 atom stereocenters. The Morgan fingerprint density at radius 2 is 1.78 bits per heavy atom. The second kappa shape index (κ2) is 9.21. The number of alkyl halides is 3. The molecule has 0 aliphatic rings. The van der Waals surface area contributed by atoms with Crippen LogP contribution in [0.2, 0.25) is 5.02 Å². The minimum absolute atomic E-state index is 0.00723. The lowest BCUT2D eigenvalue weighted by atomic mass is 10.2. The van der Waals surface area contributed by atoms with Crippen LogP contribution in [0.5, 0.6) is 0 Å². The molecule has 0 aliphatic carbocycles. The summed E-state index contributed by atoms with van der Waals surface area (Å²) in [5, 5.41) is 24.1. The topological polar surface area (TPSA) is 153 Å². The van der Waals surface area contributed by atoms with Gasteiger partial charge in [0.15, 0.2) is 29.0 Å². The summed E-state index contributed by atoms with van der Waals surface area (Å²) in [7, 11) is 0. The number of carbonyl (C=O) groups excluding carboxylic acids is 1. The van der Waals surface area contributed by atoms with Crippen molar-refractivity contribution in [3.63, 3.8) is 0 Å². The van der Waals surface area contributed by atoms with Crippen molar-refractivity contribution in [2.75, 3.05) is 10.6 Å². The predicted molar refractivity (Wildman–Crippen MR) is 115 cm³/mol. The maximum Gasteiger partial charge on any atom is 0.434 e. The van der Waals surface area contributed by atoms with E-state index in [1.165, 1.54) is 25.4 Å². The van der Waals surface area contributed by atoms with Crippen LogP contribution in [0.4, 0.5) is 33.9 Å². The molecule has 186 valence electrons. The summed E-state index contributed by atoms with van der Waals surface area (Å²) < 4.78 is 56.0. The third-order valence-corrected chi connectivity index (χ3v) is 4.84. The molecule has 0 aliphatic heterocycles. The average molecular weight is 526 g/mol. The van der Waals surface area contributed by atoms with E-state index in [-0.39, 0.29) is 26.9 Å². The van der Waals surface area contributed by atoms with Crippen LogP contribution in [0.1, 0.15) is 21.7 Å². The van der Waals surface area contributed by atoms with Crippen molar-refractivity contribution in [2.45, 2.75) is 13.1 Å². The van der Waals surface area contributed by atoms with E-state index in [9.17, 15) is 27.2 Å². The first-order valence-corrected chi connectivity index (χ1v) is 10.0. The number of aromatic nitrogens is 7. The largest absolute Gasteiger partial charge is 0.465 e. The Hall–Kier alpha value is -4.60. The van der Waals surface area contributed by atoms with Crippen LogP contribution in [0.25, 0.3) is 11.6 Å². The Bertz CT molecular complexity index is 1470. The molecule has 0 saturated carbocycles. The number of anilines is 2. The molecule has 0 spiro atoms. The number of pyridine rings is 2. The van der Waals surface area contributed by atoms with Gasteiger partial charge in [0.25, 0.3) is 5.91 Å². The van der Waals surface area contributed by atoms with Crippen LogP contribution in [0.3, 0.4) is 0 Å². The third kappa shape index (κ3) is 4.78. The molecule has 4 heterocycles. The fourth-order valence-electron chi connectivity index (χ4n) is 3.05. The number of carbonyl (C=O) groups is 2. The van der Waals surface area contributed by atoms with Gasteiger partial charge in [0, 0.05) is 0 Å². The number of rotatable bonds is 5. The number of carboxylic acid groups (broad SMARTS) is 1. The monoisotopic (exact) mass is 525 g/mol. The molecule has 0 saturated heterocycles. The quantitative estimate of drug-likeness (QED) is 0.333. The molecule has 36 heavy (non-hydrogen) atoms. The minimum Gasteiger partial charge on any atom is -0.465 e. The molecular formula is C19H12ClF4N9O3. The van der Waals surface area contributed by atoms with Gasteiger partial charge >= 0.3 is 12.3 Å². The van der Waals surface area contributed by atoms with E-state index in [2.05, 4.69) is 30.6 Å². The van der Waals surface area contributed by atoms with E-state index < -0.39 is 46.9 Å². The number of halogens is 5. The zero-order valence-corrected chi connectivity index (χ0v) is 18.5. The summed E-state index contributed by atoms with van der Waals surface area (Å²) in [6.45, 7) is 1.48. The molecule has 4 rings (SSSR count). The third-order valence-electron chi connectivity index (χ3n) is 4.56. The molecule has 0 unspecified atom stereocenters. The number of hydrogen-bond acceptors (Lipinski definition) is 7. The zero-order valence-electron chi connectivity index (χ0n) is 17.7. The molecule has 4 aromatic rings. The van der Waals surface area contributed by atoms with E-state index in [1.807, 2.05) is 0 Å². The number of aryl methyl sites for hydroxylation is 1. The number of nitrogens with one attached hydrogen (secondary N) is 2. The van der Waals surface area contributed by atoms with Gasteiger partial charge in [-0.1, -0.05) is 11.6 Å². The van der Waals surface area contributed by atoms with Crippen molar-refractivity contribution in [1.82, 2.24) is 34.7 Å². The van der Waals surface area contributed by atoms with Gasteiger partial charge in [-0.25, -0.2) is 23.8 Å². The highest BCUT2D eigenvalue weighted by molar-refractivity contribution is 6.32. The normalized spacial score (nSPS) is 11.4. The van der Waals surface area contributed by atoms with Gasteiger partial charge in [-0.3, -0.25) is 10.1 Å². The van der Waals surface area contributed by atoms with Gasteiger partial charge in [0.05, 0.1) is 40.6 Å². The lowest BCUT2D eigenvalue weighted by Crippen LogP contribution is -2.22. The van der Waals surface area contributed by atoms with Gasteiger partial charge in [0.2, 0.25) is 0 Å². The average Bonchev–Trinajstić information content (AvgIpc) is 3.47. The van der Waals surface area contributed by atoms with Crippen LogP contribution >= 0.6 is 11.6 Å². The second-order valence-corrected chi connectivity index (χ2v) is 7.35. The summed E-state index contributed by atoms with van der Waals surface area (Å²) in [6, 6.07) is 2.80. The van der Waals surface area contributed by atoms with Crippen molar-refractivity contribution in [1.29, 1.82) is 0 Å². The van der Waals surface area contributed by atoms with E-state index in [1.54, 1.807) is 5.32 Å². The Labute approximate surface area is 202 Å². The lowest BCUT2D eigenvalue weighted by molar-refractivity contribution is -0.143. The van der Waals surface area contributed by atoms with Crippen molar-refractivity contribution < 1.29 is 32.3 Å². The SMILES string of the molecule is Cc1nc(-n2nccn2)c(Cl)cc1NC(=O)c1cnn(-c2ccc(F)c(NC(=O)O)n2)c1C(F)(F)F. The molecule has 0 radical (unpaired) electrons. The molecule has 4 aromatic heterocycles. The maximum absolute atomic E-state index is 14.0. The maximum atomic E-state index is 14.0. The van der Waals surface area contributed by atoms with E-state index in [0.29, 0.717) is 12.3 Å². The number of nitrogens with zero attached hydrogens (tertiary/aromatic N) is 7. The summed E-state index contributed by atoms with van der Waals surface area (Å²) >= 11 is 6.18. The zero-order chi connectivity index (χ0) is 26.2. The van der Waals surface area contributed by atoms with Crippen molar-refractivity contribution in [3.05, 3.63) is 64.6 Å². The van der Waals surface area contributed by atoms with Gasteiger partial charge in [-0.2, -0.15) is 28.5 Å². The van der Waals surface area contributed by atoms with Gasteiger partial charge < -0.3 is 10.4 Å². The molecule has 2 amide bonds. The molecule has 0 bridgehead atoms. The van der Waals surface area contributed by atoms with Crippen LogP contribution < -0.4 is 10.6 Å². The summed E-state index contributed by atoms with van der Waals surface area (Å²) in [5.74, 6) is -3.64. The Balaban J connectivity index is 1.71. The van der Waals surface area contributed by atoms with Crippen LogP contribution in [0, 0.1) is 12.7 Å². The van der Waals surface area contributed by atoms with Gasteiger partial charge in [-0.05, 0) is 25.1 Å². The summed E-state index contributed by atoms with van der Waals surface area (Å²) in [4.78, 5) is 32.5. The predicted octanol–water partition coefficient (Wildman–Crippen LogP) is 3.70. The fourth-order valence-corrected chi connectivity index (χ4v) is 3.28. The minimum atomic E-state index is -5.11. The molecule has 3 N–H and O–H groups in total. The smallest absolute Gasteiger partial charge is 0.434 e. The molecular weight excluding hydrogens is 514 g/mol. The highest BCUT2D eigenvalue weighted by Crippen LogP contribution is 2.34. The van der Waals surface area contributed by atoms with Crippen LogP contribution in [-0.2, 0) is 6.18 Å². The summed E-state index contributed by atoms with van der Waals surface area (Å²) in [6.07, 6.45) is -3.39. The number of amides is 2. The lowest BCUT2D eigenvalue weighted by Gasteiger charge is -2.14. The van der Waals surface area contributed by atoms with Crippen molar-refractivity contribution in [3.8, 4) is 11.6 Å². The summed E-state index contributed by atoms with van der Waals surface area (Å²) in [5.41, 5.74) is -2.22. The second-order valence-electron chi connectivity index (χ2n) is 6.95. The van der Waals surface area contributed by atoms with E-state index in [0.717, 1.165) is 10.9 Å². The van der Waals surface area contributed by atoms with Crippen molar-refractivity contribution >= 4 is 35.1 Å². The molecule has 0 aromatic carbocycles. The van der Waals surface area contributed by atoms with Gasteiger partial charge in [0.1, 0.15) is 0 Å². The van der Waals surface area contributed by atoms with E-state index >= 15 is 0 Å². The highest BCUT2D eigenvalue weighted by Gasteiger charge is 2.41. The van der Waals surface area contributed by atoms with Gasteiger partial charge in [-0.15, -0.1) is 4.80 Å². The first-order valence-electron chi connectivity index (χ1n) is 9.63. The molecule has 12 nitrogen and oxygen atoms in total. The first-order chi connectivity index (χ1) is 17.0. The fraction of sp³-hybridized carbons (Fsp3) is 0.105. The number of hydrogen-bond donors (Lipinski definition) is 3. The Morgan fingerprint density at radius 1 is 1.08 bits per heavy atom. The first kappa shape index (κ1) is 24.5. The van der Waals surface area contributed by atoms with Crippen LogP contribution in [-0.4, -0.2) is 51.8 Å². The van der Waals surface area contributed by atoms with Crippen LogP contribution in [0.15, 0.2) is 36.8 Å². The Morgan fingerprint density at radius 3 is 2.42 bits per heavy atom. The molecule has 17 heteroatoms. The van der Waals surface area contributed by atoms with Crippen molar-refractivity contribution in [2.24, 2.45) is 0 Å².